The molecule has 2 aromatic rings. The molecule has 2 heterocycles. The average molecular weight is 288 g/mol. The van der Waals surface area contributed by atoms with Crippen LogP contribution in [0, 0.1) is 5.92 Å². The van der Waals surface area contributed by atoms with Gasteiger partial charge in [0.2, 0.25) is 11.8 Å². The van der Waals surface area contributed by atoms with Gasteiger partial charge in [0.25, 0.3) is 0 Å². The number of carbonyl (C=O) groups is 1. The summed E-state index contributed by atoms with van der Waals surface area (Å²) in [5.41, 5.74) is 7.95. The molecule has 6 heteroatoms. The van der Waals surface area contributed by atoms with Crippen LogP contribution in [0.4, 0.5) is 5.69 Å². The number of nitrogen functional groups attached to an aromatic ring is 1. The molecule has 1 aromatic heterocycles. The predicted octanol–water partition coefficient (Wildman–Crippen LogP) is 1.37. The van der Waals surface area contributed by atoms with Gasteiger partial charge in [0, 0.05) is 13.6 Å². The number of nitrogens with two attached hydrogens (primary N) is 1. The summed E-state index contributed by atoms with van der Waals surface area (Å²) in [6.45, 7) is 2.32. The van der Waals surface area contributed by atoms with Crippen LogP contribution in [0.1, 0.15) is 18.7 Å². The number of carbonyl (C=O) groups excluding carboxylic acids is 1. The van der Waals surface area contributed by atoms with Crippen LogP contribution in [0.25, 0.3) is 11.1 Å². The highest BCUT2D eigenvalue weighted by Crippen LogP contribution is 2.23. The molecule has 3 N–H and O–H groups in total. The number of rotatable bonds is 3. The summed E-state index contributed by atoms with van der Waals surface area (Å²) in [6, 6.07) is 5.54. The number of piperidine rings is 1. The first kappa shape index (κ1) is 13.9. The zero-order valence-electron chi connectivity index (χ0n) is 12.1. The molecule has 1 saturated heterocycles. The highest BCUT2D eigenvalue weighted by Gasteiger charge is 2.26. The third-order valence-corrected chi connectivity index (χ3v) is 3.98. The van der Waals surface area contributed by atoms with Crippen molar-refractivity contribution < 1.29 is 9.21 Å². The molecule has 1 aromatic carbocycles. The maximum Gasteiger partial charge on any atom is 0.224 e. The van der Waals surface area contributed by atoms with E-state index in [1.165, 1.54) is 0 Å². The van der Waals surface area contributed by atoms with Gasteiger partial charge in [-0.15, -0.1) is 0 Å². The van der Waals surface area contributed by atoms with Gasteiger partial charge < -0.3 is 15.5 Å². The minimum atomic E-state index is 0.0539. The Labute approximate surface area is 123 Å². The molecule has 1 amide bonds. The van der Waals surface area contributed by atoms with Crippen molar-refractivity contribution in [2.75, 3.05) is 25.9 Å². The second-order valence-corrected chi connectivity index (χ2v) is 5.49. The van der Waals surface area contributed by atoms with Gasteiger partial charge in [0.1, 0.15) is 5.52 Å². The first-order valence-corrected chi connectivity index (χ1v) is 7.25. The molecule has 0 aliphatic carbocycles. The SMILES string of the molecule is CNC(=O)C1CCCN(Cc2nc3c(N)cccc3o2)C1. The molecule has 1 aliphatic heterocycles. The van der Waals surface area contributed by atoms with E-state index < -0.39 is 0 Å². The number of nitrogens with one attached hydrogen (secondary N) is 1. The molecule has 0 radical (unpaired) electrons. The van der Waals surface area contributed by atoms with E-state index in [-0.39, 0.29) is 11.8 Å². The number of aromatic nitrogens is 1. The minimum absolute atomic E-state index is 0.0539. The van der Waals surface area contributed by atoms with E-state index in [1.54, 1.807) is 7.05 Å². The molecule has 6 nitrogen and oxygen atoms in total. The molecular formula is C15H20N4O2. The number of benzene rings is 1. The Balaban J connectivity index is 1.72. The fourth-order valence-electron chi connectivity index (χ4n) is 2.89. The first-order chi connectivity index (χ1) is 10.2. The number of hydrogen-bond acceptors (Lipinski definition) is 5. The van der Waals surface area contributed by atoms with Crippen LogP contribution >= 0.6 is 0 Å². The van der Waals surface area contributed by atoms with E-state index in [9.17, 15) is 4.79 Å². The van der Waals surface area contributed by atoms with Gasteiger partial charge in [-0.1, -0.05) is 6.07 Å². The highest BCUT2D eigenvalue weighted by molar-refractivity contribution is 5.85. The van der Waals surface area contributed by atoms with Crippen molar-refractivity contribution >= 4 is 22.7 Å². The molecule has 1 atom stereocenters. The van der Waals surface area contributed by atoms with Crippen LogP contribution < -0.4 is 11.1 Å². The Morgan fingerprint density at radius 2 is 2.43 bits per heavy atom. The lowest BCUT2D eigenvalue weighted by Gasteiger charge is -2.30. The van der Waals surface area contributed by atoms with E-state index in [2.05, 4.69) is 15.2 Å². The molecule has 1 unspecified atom stereocenters. The lowest BCUT2D eigenvalue weighted by atomic mass is 9.97. The number of fused-ring (bicyclic) bond motifs is 1. The van der Waals surface area contributed by atoms with Crippen molar-refractivity contribution in [2.24, 2.45) is 5.92 Å². The van der Waals surface area contributed by atoms with E-state index in [1.807, 2.05) is 18.2 Å². The monoisotopic (exact) mass is 288 g/mol. The van der Waals surface area contributed by atoms with Crippen molar-refractivity contribution in [1.29, 1.82) is 0 Å². The maximum absolute atomic E-state index is 11.8. The Kier molecular flexibility index (Phi) is 3.79. The molecule has 1 fully saturated rings. The van der Waals surface area contributed by atoms with Gasteiger partial charge in [-0.2, -0.15) is 0 Å². The first-order valence-electron chi connectivity index (χ1n) is 7.25. The van der Waals surface area contributed by atoms with Gasteiger partial charge in [-0.3, -0.25) is 9.69 Å². The number of amides is 1. The quantitative estimate of drug-likeness (QED) is 0.833. The predicted molar refractivity (Wildman–Crippen MR) is 80.5 cm³/mol. The van der Waals surface area contributed by atoms with Gasteiger partial charge in [0.05, 0.1) is 18.2 Å². The summed E-state index contributed by atoms with van der Waals surface area (Å²) in [7, 11) is 1.69. The molecule has 112 valence electrons. The van der Waals surface area contributed by atoms with Crippen molar-refractivity contribution in [2.45, 2.75) is 19.4 Å². The highest BCUT2D eigenvalue weighted by atomic mass is 16.3. The van der Waals surface area contributed by atoms with Crippen LogP contribution in [-0.4, -0.2) is 35.9 Å². The number of likely N-dealkylation sites (tertiary alicyclic amines) is 1. The second-order valence-electron chi connectivity index (χ2n) is 5.49. The third kappa shape index (κ3) is 2.85. The zero-order chi connectivity index (χ0) is 14.8. The molecule has 21 heavy (non-hydrogen) atoms. The van der Waals surface area contributed by atoms with E-state index in [0.29, 0.717) is 29.2 Å². The van der Waals surface area contributed by atoms with E-state index in [4.69, 9.17) is 10.2 Å². The number of oxazole rings is 1. The lowest BCUT2D eigenvalue weighted by molar-refractivity contribution is -0.126. The van der Waals surface area contributed by atoms with Gasteiger partial charge in [0.15, 0.2) is 5.58 Å². The van der Waals surface area contributed by atoms with Crippen LogP contribution in [0.5, 0.6) is 0 Å². The van der Waals surface area contributed by atoms with Gasteiger partial charge in [-0.25, -0.2) is 4.98 Å². The van der Waals surface area contributed by atoms with Crippen molar-refractivity contribution in [3.63, 3.8) is 0 Å². The fraction of sp³-hybridized carbons (Fsp3) is 0.467. The summed E-state index contributed by atoms with van der Waals surface area (Å²) < 4.78 is 5.74. The third-order valence-electron chi connectivity index (χ3n) is 3.98. The Morgan fingerprint density at radius 1 is 1.57 bits per heavy atom. The van der Waals surface area contributed by atoms with Crippen molar-refractivity contribution in [3.8, 4) is 0 Å². The molecule has 0 bridgehead atoms. The lowest BCUT2D eigenvalue weighted by Crippen LogP contribution is -2.41. The molecular weight excluding hydrogens is 268 g/mol. The van der Waals surface area contributed by atoms with Crippen LogP contribution in [0.15, 0.2) is 22.6 Å². The van der Waals surface area contributed by atoms with Crippen LogP contribution in [0.2, 0.25) is 0 Å². The number of anilines is 1. The van der Waals surface area contributed by atoms with E-state index in [0.717, 1.165) is 25.9 Å². The number of nitrogens with zero attached hydrogens (tertiary/aromatic N) is 2. The summed E-state index contributed by atoms with van der Waals surface area (Å²) in [5, 5.41) is 2.73. The van der Waals surface area contributed by atoms with Crippen molar-refractivity contribution in [1.82, 2.24) is 15.2 Å². The van der Waals surface area contributed by atoms with Gasteiger partial charge >= 0.3 is 0 Å². The molecule has 0 saturated carbocycles. The van der Waals surface area contributed by atoms with Crippen LogP contribution in [-0.2, 0) is 11.3 Å². The second kappa shape index (κ2) is 5.73. The summed E-state index contributed by atoms with van der Waals surface area (Å²) in [6.07, 6.45) is 1.96. The molecule has 0 spiro atoms. The zero-order valence-corrected chi connectivity index (χ0v) is 12.1. The Bertz CT molecular complexity index is 652. The summed E-state index contributed by atoms with van der Waals surface area (Å²) >= 11 is 0. The standard InChI is InChI=1S/C15H20N4O2/c1-17-15(20)10-4-3-7-19(8-10)9-13-18-14-11(16)5-2-6-12(14)21-13/h2,5-6,10H,3-4,7-9,16H2,1H3,(H,17,20). The number of hydrogen-bond donors (Lipinski definition) is 2. The van der Waals surface area contributed by atoms with Crippen LogP contribution in [0.3, 0.4) is 0 Å². The summed E-state index contributed by atoms with van der Waals surface area (Å²) in [4.78, 5) is 18.4. The Hall–Kier alpha value is -2.08. The fourth-order valence-corrected chi connectivity index (χ4v) is 2.89. The molecule has 3 rings (SSSR count). The normalized spacial score (nSPS) is 19.8. The largest absolute Gasteiger partial charge is 0.439 e. The van der Waals surface area contributed by atoms with E-state index >= 15 is 0 Å². The Morgan fingerprint density at radius 3 is 3.19 bits per heavy atom. The van der Waals surface area contributed by atoms with Gasteiger partial charge in [-0.05, 0) is 31.5 Å². The number of para-hydroxylation sites is 1. The minimum Gasteiger partial charge on any atom is -0.439 e. The summed E-state index contributed by atoms with van der Waals surface area (Å²) in [5.74, 6) is 0.820. The van der Waals surface area contributed by atoms with Crippen molar-refractivity contribution in [3.05, 3.63) is 24.1 Å². The molecule has 1 aliphatic rings. The smallest absolute Gasteiger partial charge is 0.224 e. The average Bonchev–Trinajstić information content (AvgIpc) is 2.90. The topological polar surface area (TPSA) is 84.4 Å². The maximum atomic E-state index is 11.8.